The molecule has 25 heavy (non-hydrogen) atoms. The Hall–Kier alpha value is -2.58. The van der Waals surface area contributed by atoms with Gasteiger partial charge in [0.15, 0.2) is 0 Å². The normalized spacial score (nSPS) is 20.0. The van der Waals surface area contributed by atoms with Crippen LogP contribution in [0.4, 0.5) is 10.2 Å². The summed E-state index contributed by atoms with van der Waals surface area (Å²) in [6.45, 7) is -1.05. The maximum Gasteiger partial charge on any atom is 0.275 e. The highest BCUT2D eigenvalue weighted by molar-refractivity contribution is 6.30. The fraction of sp³-hybridized carbons (Fsp3) is 0.250. The standard InChI is InChI=1S/C16H14ClFN4O3/c17-10-4-5-11(19-6-10)15(24)21-13-3-1-2-12(20-13)16(8-18)9-25-7-14(23)22-16/h1-6H,7-9H2,(H,22,23)(H,20,21,24). The second-order valence-corrected chi connectivity index (χ2v) is 5.92. The second-order valence-electron chi connectivity index (χ2n) is 5.48. The van der Waals surface area contributed by atoms with Gasteiger partial charge >= 0.3 is 0 Å². The van der Waals surface area contributed by atoms with E-state index in [0.717, 1.165) is 0 Å². The minimum absolute atomic E-state index is 0.0433. The monoisotopic (exact) mass is 364 g/mol. The zero-order chi connectivity index (χ0) is 17.9. The molecular formula is C16H14ClFN4O3. The van der Waals surface area contributed by atoms with Crippen LogP contribution in [-0.4, -0.2) is 41.7 Å². The van der Waals surface area contributed by atoms with Gasteiger partial charge in [-0.3, -0.25) is 9.59 Å². The molecule has 1 aliphatic heterocycles. The van der Waals surface area contributed by atoms with Crippen molar-refractivity contribution in [3.8, 4) is 0 Å². The molecule has 2 aromatic rings. The van der Waals surface area contributed by atoms with E-state index in [1.54, 1.807) is 24.3 Å². The smallest absolute Gasteiger partial charge is 0.275 e. The number of anilines is 1. The number of ether oxygens (including phenoxy) is 1. The highest BCUT2D eigenvalue weighted by Gasteiger charge is 2.39. The number of aromatic nitrogens is 2. The molecular weight excluding hydrogens is 351 g/mol. The molecule has 7 nitrogen and oxygen atoms in total. The number of amides is 2. The summed E-state index contributed by atoms with van der Waals surface area (Å²) in [6.07, 6.45) is 1.35. The van der Waals surface area contributed by atoms with Gasteiger partial charge in [-0.1, -0.05) is 17.7 Å². The molecule has 9 heteroatoms. The molecule has 1 atom stereocenters. The molecule has 1 saturated heterocycles. The van der Waals surface area contributed by atoms with Gasteiger partial charge in [0.2, 0.25) is 5.91 Å². The molecule has 1 unspecified atom stereocenters. The number of halogens is 2. The van der Waals surface area contributed by atoms with Gasteiger partial charge in [-0.05, 0) is 24.3 Å². The van der Waals surface area contributed by atoms with Crippen LogP contribution in [-0.2, 0) is 15.1 Å². The van der Waals surface area contributed by atoms with Gasteiger partial charge in [-0.25, -0.2) is 14.4 Å². The summed E-state index contributed by atoms with van der Waals surface area (Å²) in [5.41, 5.74) is -0.953. The van der Waals surface area contributed by atoms with Crippen molar-refractivity contribution in [2.75, 3.05) is 25.2 Å². The van der Waals surface area contributed by atoms with E-state index >= 15 is 0 Å². The Bertz CT molecular complexity index is 802. The Labute approximate surface area is 147 Å². The van der Waals surface area contributed by atoms with Gasteiger partial charge in [-0.2, -0.15) is 0 Å². The number of nitrogens with one attached hydrogen (secondary N) is 2. The predicted octanol–water partition coefficient (Wildman–Crippen LogP) is 1.69. The largest absolute Gasteiger partial charge is 0.369 e. The van der Waals surface area contributed by atoms with Gasteiger partial charge < -0.3 is 15.4 Å². The zero-order valence-electron chi connectivity index (χ0n) is 13.0. The number of hydrogen-bond acceptors (Lipinski definition) is 5. The average molecular weight is 365 g/mol. The Morgan fingerprint density at radius 1 is 1.40 bits per heavy atom. The number of pyridine rings is 2. The molecule has 1 fully saturated rings. The summed E-state index contributed by atoms with van der Waals surface area (Å²) in [5, 5.41) is 5.56. The molecule has 0 aromatic carbocycles. The fourth-order valence-electron chi connectivity index (χ4n) is 2.40. The first-order valence-electron chi connectivity index (χ1n) is 7.37. The van der Waals surface area contributed by atoms with E-state index in [9.17, 15) is 14.0 Å². The summed E-state index contributed by atoms with van der Waals surface area (Å²) >= 11 is 5.74. The van der Waals surface area contributed by atoms with Crippen molar-refractivity contribution in [1.29, 1.82) is 0 Å². The van der Waals surface area contributed by atoms with E-state index < -0.39 is 24.0 Å². The third kappa shape index (κ3) is 3.75. The molecule has 0 spiro atoms. The zero-order valence-corrected chi connectivity index (χ0v) is 13.7. The maximum absolute atomic E-state index is 13.6. The van der Waals surface area contributed by atoms with Crippen molar-refractivity contribution in [3.05, 3.63) is 52.9 Å². The SMILES string of the molecule is O=C1COCC(CF)(c2cccc(NC(=O)c3ccc(Cl)cn3)n2)N1. The first kappa shape index (κ1) is 17.2. The first-order chi connectivity index (χ1) is 12.0. The Balaban J connectivity index is 1.82. The average Bonchev–Trinajstić information content (AvgIpc) is 2.62. The number of carbonyl (C=O) groups is 2. The molecule has 2 aromatic heterocycles. The number of morpholine rings is 1. The molecule has 1 aliphatic rings. The van der Waals surface area contributed by atoms with Crippen molar-refractivity contribution >= 4 is 29.2 Å². The summed E-state index contributed by atoms with van der Waals surface area (Å²) in [5.74, 6) is -0.711. The Morgan fingerprint density at radius 2 is 2.24 bits per heavy atom. The van der Waals surface area contributed by atoms with Crippen molar-refractivity contribution in [2.24, 2.45) is 0 Å². The van der Waals surface area contributed by atoms with Gasteiger partial charge in [-0.15, -0.1) is 0 Å². The quantitative estimate of drug-likeness (QED) is 0.861. The van der Waals surface area contributed by atoms with E-state index in [1.165, 1.54) is 12.3 Å². The lowest BCUT2D eigenvalue weighted by Gasteiger charge is -2.34. The van der Waals surface area contributed by atoms with Crippen molar-refractivity contribution in [3.63, 3.8) is 0 Å². The van der Waals surface area contributed by atoms with Crippen molar-refractivity contribution in [2.45, 2.75) is 5.54 Å². The third-order valence-corrected chi connectivity index (χ3v) is 3.85. The molecule has 2 N–H and O–H groups in total. The highest BCUT2D eigenvalue weighted by Crippen LogP contribution is 2.24. The first-order valence-corrected chi connectivity index (χ1v) is 7.75. The third-order valence-electron chi connectivity index (χ3n) is 3.63. The molecule has 2 amide bonds. The molecule has 130 valence electrons. The van der Waals surface area contributed by atoms with Crippen molar-refractivity contribution < 1.29 is 18.7 Å². The van der Waals surface area contributed by atoms with Crippen LogP contribution in [0.15, 0.2) is 36.5 Å². The number of carbonyl (C=O) groups excluding carboxylic acids is 2. The maximum atomic E-state index is 13.6. The van der Waals surface area contributed by atoms with Crippen LogP contribution in [0, 0.1) is 0 Å². The molecule has 3 rings (SSSR count). The van der Waals surface area contributed by atoms with E-state index in [1.807, 2.05) is 0 Å². The number of hydrogen-bond donors (Lipinski definition) is 2. The van der Waals surface area contributed by atoms with E-state index in [-0.39, 0.29) is 30.4 Å². The van der Waals surface area contributed by atoms with Gasteiger partial charge in [0.05, 0.1) is 17.3 Å². The van der Waals surface area contributed by atoms with Gasteiger partial charge in [0, 0.05) is 6.20 Å². The summed E-state index contributed by atoms with van der Waals surface area (Å²) in [7, 11) is 0. The van der Waals surface area contributed by atoms with Crippen molar-refractivity contribution in [1.82, 2.24) is 15.3 Å². The van der Waals surface area contributed by atoms with Crippen LogP contribution >= 0.6 is 11.6 Å². The lowest BCUT2D eigenvalue weighted by atomic mass is 9.96. The summed E-state index contributed by atoms with van der Waals surface area (Å²) in [6, 6.07) is 7.73. The predicted molar refractivity (Wildman–Crippen MR) is 88.1 cm³/mol. The van der Waals surface area contributed by atoms with Crippen LogP contribution < -0.4 is 10.6 Å². The molecule has 3 heterocycles. The Morgan fingerprint density at radius 3 is 2.92 bits per heavy atom. The fourth-order valence-corrected chi connectivity index (χ4v) is 2.51. The van der Waals surface area contributed by atoms with Crippen LogP contribution in [0.1, 0.15) is 16.2 Å². The minimum atomic E-state index is -1.37. The van der Waals surface area contributed by atoms with Crippen LogP contribution in [0.3, 0.4) is 0 Å². The van der Waals surface area contributed by atoms with Crippen LogP contribution in [0.2, 0.25) is 5.02 Å². The van der Waals surface area contributed by atoms with Gasteiger partial charge in [0.1, 0.15) is 30.3 Å². The lowest BCUT2D eigenvalue weighted by Crippen LogP contribution is -2.56. The summed E-state index contributed by atoms with van der Waals surface area (Å²) in [4.78, 5) is 31.9. The number of nitrogens with zero attached hydrogens (tertiary/aromatic N) is 2. The van der Waals surface area contributed by atoms with Crippen LogP contribution in [0.5, 0.6) is 0 Å². The lowest BCUT2D eigenvalue weighted by molar-refractivity contribution is -0.136. The second kappa shape index (κ2) is 7.12. The Kier molecular flexibility index (Phi) is 4.91. The summed E-state index contributed by atoms with van der Waals surface area (Å²) < 4.78 is 18.8. The van der Waals surface area contributed by atoms with E-state index in [2.05, 4.69) is 20.6 Å². The van der Waals surface area contributed by atoms with Crippen LogP contribution in [0.25, 0.3) is 0 Å². The molecule has 0 bridgehead atoms. The molecule has 0 radical (unpaired) electrons. The molecule has 0 saturated carbocycles. The van der Waals surface area contributed by atoms with Gasteiger partial charge in [0.25, 0.3) is 5.91 Å². The minimum Gasteiger partial charge on any atom is -0.369 e. The number of rotatable bonds is 4. The van der Waals surface area contributed by atoms with E-state index in [4.69, 9.17) is 16.3 Å². The van der Waals surface area contributed by atoms with E-state index in [0.29, 0.717) is 5.02 Å². The number of alkyl halides is 1. The topological polar surface area (TPSA) is 93.2 Å². The molecule has 0 aliphatic carbocycles. The highest BCUT2D eigenvalue weighted by atomic mass is 35.5.